The van der Waals surface area contributed by atoms with E-state index in [0.717, 1.165) is 17.7 Å². The van der Waals surface area contributed by atoms with E-state index < -0.39 is 0 Å². The number of aromatic nitrogens is 2. The molecule has 4 heteroatoms. The molecule has 1 aromatic heterocycles. The maximum absolute atomic E-state index is 6.16. The maximum atomic E-state index is 6.16. The highest BCUT2D eigenvalue weighted by Crippen LogP contribution is 2.29. The van der Waals surface area contributed by atoms with Gasteiger partial charge in [0.25, 0.3) is 0 Å². The molecule has 0 fully saturated rings. The van der Waals surface area contributed by atoms with Gasteiger partial charge in [-0.25, -0.2) is 0 Å². The molecule has 0 radical (unpaired) electrons. The van der Waals surface area contributed by atoms with Crippen LogP contribution in [0.5, 0.6) is 5.75 Å². The number of hydrogen-bond acceptors (Lipinski definition) is 3. The molecule has 0 saturated heterocycles. The smallest absolute Gasteiger partial charge is 0.141 e. The third kappa shape index (κ3) is 3.10. The normalized spacial score (nSPS) is 17.1. The van der Waals surface area contributed by atoms with E-state index in [4.69, 9.17) is 10.5 Å². The van der Waals surface area contributed by atoms with E-state index in [-0.39, 0.29) is 12.1 Å². The number of ether oxygens (including phenoxy) is 1. The Balaban J connectivity index is 1.83. The first-order valence-electron chi connectivity index (χ1n) is 7.66. The zero-order chi connectivity index (χ0) is 14.8. The van der Waals surface area contributed by atoms with Crippen molar-refractivity contribution in [2.24, 2.45) is 12.8 Å². The van der Waals surface area contributed by atoms with Crippen molar-refractivity contribution in [3.8, 4) is 5.75 Å². The van der Waals surface area contributed by atoms with Gasteiger partial charge >= 0.3 is 0 Å². The molecular weight excluding hydrogens is 262 g/mol. The number of nitrogens with zero attached hydrogens (tertiary/aromatic N) is 2. The number of nitrogens with two attached hydrogens (primary N) is 1. The van der Waals surface area contributed by atoms with Gasteiger partial charge in [-0.15, -0.1) is 0 Å². The van der Waals surface area contributed by atoms with Crippen LogP contribution in [-0.4, -0.2) is 15.8 Å². The molecule has 0 bridgehead atoms. The van der Waals surface area contributed by atoms with Crippen LogP contribution in [0, 0.1) is 0 Å². The number of aryl methyl sites for hydroxylation is 3. The number of fused-ring (bicyclic) bond motifs is 1. The van der Waals surface area contributed by atoms with Crippen LogP contribution in [0.4, 0.5) is 0 Å². The van der Waals surface area contributed by atoms with Crippen molar-refractivity contribution in [2.45, 2.75) is 44.8 Å². The second-order valence-corrected chi connectivity index (χ2v) is 5.98. The molecule has 0 amide bonds. The molecule has 0 aliphatic heterocycles. The minimum Gasteiger partial charge on any atom is -0.484 e. The average molecular weight is 285 g/mol. The van der Waals surface area contributed by atoms with E-state index in [1.807, 2.05) is 26.4 Å². The molecule has 1 aromatic carbocycles. The van der Waals surface area contributed by atoms with Gasteiger partial charge in [0, 0.05) is 24.8 Å². The Kier molecular flexibility index (Phi) is 3.97. The van der Waals surface area contributed by atoms with Crippen molar-refractivity contribution >= 4 is 0 Å². The van der Waals surface area contributed by atoms with E-state index in [2.05, 4.69) is 23.3 Å². The topological polar surface area (TPSA) is 53.1 Å². The summed E-state index contributed by atoms with van der Waals surface area (Å²) >= 11 is 0. The summed E-state index contributed by atoms with van der Waals surface area (Å²) in [6.07, 6.45) is 8.54. The first-order valence-corrected chi connectivity index (χ1v) is 7.66. The first kappa shape index (κ1) is 14.1. The van der Waals surface area contributed by atoms with Gasteiger partial charge in [-0.3, -0.25) is 4.68 Å². The van der Waals surface area contributed by atoms with Crippen molar-refractivity contribution in [1.82, 2.24) is 9.78 Å². The summed E-state index contributed by atoms with van der Waals surface area (Å²) in [6, 6.07) is 6.35. The van der Waals surface area contributed by atoms with Crippen LogP contribution in [0.15, 0.2) is 30.6 Å². The highest BCUT2D eigenvalue weighted by atomic mass is 16.5. The summed E-state index contributed by atoms with van der Waals surface area (Å²) in [5.41, 5.74) is 10.0. The average Bonchev–Trinajstić information content (AvgIpc) is 2.90. The van der Waals surface area contributed by atoms with Crippen LogP contribution in [0.2, 0.25) is 0 Å². The van der Waals surface area contributed by atoms with Crippen LogP contribution < -0.4 is 10.5 Å². The lowest BCUT2D eigenvalue weighted by Crippen LogP contribution is -2.28. The quantitative estimate of drug-likeness (QED) is 0.939. The van der Waals surface area contributed by atoms with Crippen molar-refractivity contribution in [2.75, 3.05) is 0 Å². The summed E-state index contributed by atoms with van der Waals surface area (Å²) in [5.74, 6) is 0.904. The van der Waals surface area contributed by atoms with E-state index in [0.29, 0.717) is 0 Å². The van der Waals surface area contributed by atoms with Gasteiger partial charge in [-0.2, -0.15) is 5.10 Å². The summed E-state index contributed by atoms with van der Waals surface area (Å²) < 4.78 is 7.94. The number of rotatable bonds is 4. The van der Waals surface area contributed by atoms with Gasteiger partial charge < -0.3 is 10.5 Å². The monoisotopic (exact) mass is 285 g/mol. The largest absolute Gasteiger partial charge is 0.484 e. The molecule has 1 aliphatic rings. The molecule has 21 heavy (non-hydrogen) atoms. The zero-order valence-corrected chi connectivity index (χ0v) is 12.7. The van der Waals surface area contributed by atoms with Crippen molar-refractivity contribution in [1.29, 1.82) is 0 Å². The Morgan fingerprint density at radius 1 is 1.24 bits per heavy atom. The molecule has 2 unspecified atom stereocenters. The molecule has 3 rings (SSSR count). The highest BCUT2D eigenvalue weighted by Gasteiger charge is 2.20. The van der Waals surface area contributed by atoms with Gasteiger partial charge in [0.05, 0.1) is 6.20 Å². The molecule has 2 aromatic rings. The van der Waals surface area contributed by atoms with Gasteiger partial charge in [-0.1, -0.05) is 6.07 Å². The summed E-state index contributed by atoms with van der Waals surface area (Å²) in [5, 5.41) is 4.21. The molecule has 1 aliphatic carbocycles. The van der Waals surface area contributed by atoms with Gasteiger partial charge in [0.15, 0.2) is 0 Å². The third-order valence-electron chi connectivity index (χ3n) is 4.11. The zero-order valence-electron chi connectivity index (χ0n) is 12.7. The van der Waals surface area contributed by atoms with Crippen molar-refractivity contribution in [3.05, 3.63) is 47.3 Å². The summed E-state index contributed by atoms with van der Waals surface area (Å²) in [4.78, 5) is 0. The molecule has 2 atom stereocenters. The fourth-order valence-corrected chi connectivity index (χ4v) is 3.00. The van der Waals surface area contributed by atoms with E-state index in [1.54, 1.807) is 4.68 Å². The second kappa shape index (κ2) is 5.90. The lowest BCUT2D eigenvalue weighted by Gasteiger charge is -2.23. The second-order valence-electron chi connectivity index (χ2n) is 5.98. The van der Waals surface area contributed by atoms with E-state index in [1.165, 1.54) is 30.4 Å². The van der Waals surface area contributed by atoms with Crippen LogP contribution in [0.3, 0.4) is 0 Å². The Morgan fingerprint density at radius 3 is 2.67 bits per heavy atom. The predicted molar refractivity (Wildman–Crippen MR) is 83.3 cm³/mol. The van der Waals surface area contributed by atoms with Gasteiger partial charge in [0.1, 0.15) is 11.9 Å². The lowest BCUT2D eigenvalue weighted by atomic mass is 9.92. The maximum Gasteiger partial charge on any atom is 0.141 e. The van der Waals surface area contributed by atoms with E-state index >= 15 is 0 Å². The van der Waals surface area contributed by atoms with Crippen LogP contribution >= 0.6 is 0 Å². The molecule has 4 nitrogen and oxygen atoms in total. The standard InChI is InChI=1S/C17H23N3O/c1-12(18)17(15-10-19-20(2)11-15)21-16-8-7-13-5-3-4-6-14(13)9-16/h7-12,17H,3-6,18H2,1-2H3. The summed E-state index contributed by atoms with van der Waals surface area (Å²) in [6.45, 7) is 1.97. The number of benzene rings is 1. The minimum atomic E-state index is -0.166. The van der Waals surface area contributed by atoms with Crippen molar-refractivity contribution < 1.29 is 4.74 Å². The molecule has 0 spiro atoms. The summed E-state index contributed by atoms with van der Waals surface area (Å²) in [7, 11) is 1.90. The molecule has 1 heterocycles. The Hall–Kier alpha value is -1.81. The molecule has 0 saturated carbocycles. The Bertz CT molecular complexity index is 618. The van der Waals surface area contributed by atoms with Gasteiger partial charge in [-0.05, 0) is 55.9 Å². The fraction of sp³-hybridized carbons (Fsp3) is 0.471. The van der Waals surface area contributed by atoms with Gasteiger partial charge in [0.2, 0.25) is 0 Å². The third-order valence-corrected chi connectivity index (χ3v) is 4.11. The minimum absolute atomic E-state index is 0.0924. The fourth-order valence-electron chi connectivity index (χ4n) is 3.00. The van der Waals surface area contributed by atoms with Crippen LogP contribution in [-0.2, 0) is 19.9 Å². The predicted octanol–water partition coefficient (Wildman–Crippen LogP) is 2.77. The molecule has 2 N–H and O–H groups in total. The van der Waals surface area contributed by atoms with Crippen LogP contribution in [0.1, 0.15) is 42.6 Å². The number of hydrogen-bond donors (Lipinski definition) is 1. The van der Waals surface area contributed by atoms with Crippen molar-refractivity contribution in [3.63, 3.8) is 0 Å². The molecule has 112 valence electrons. The Morgan fingerprint density at radius 2 is 2.00 bits per heavy atom. The van der Waals surface area contributed by atoms with E-state index in [9.17, 15) is 0 Å². The first-order chi connectivity index (χ1) is 10.1. The highest BCUT2D eigenvalue weighted by molar-refractivity contribution is 5.37. The Labute approximate surface area is 125 Å². The SMILES string of the molecule is CC(N)C(Oc1ccc2c(c1)CCCC2)c1cnn(C)c1. The van der Waals surface area contributed by atoms with Crippen LogP contribution in [0.25, 0.3) is 0 Å². The lowest BCUT2D eigenvalue weighted by molar-refractivity contribution is 0.180. The molecular formula is C17H23N3O.